The van der Waals surface area contributed by atoms with E-state index < -0.39 is 0 Å². The summed E-state index contributed by atoms with van der Waals surface area (Å²) in [6.07, 6.45) is 0.348. The average Bonchev–Trinajstić information content (AvgIpc) is 3.30. The molecule has 1 fully saturated rings. The quantitative estimate of drug-likeness (QED) is 0.704. The Morgan fingerprint density at radius 2 is 1.93 bits per heavy atom. The second-order valence-corrected chi connectivity index (χ2v) is 7.29. The van der Waals surface area contributed by atoms with Crippen molar-refractivity contribution in [3.8, 4) is 0 Å². The lowest BCUT2D eigenvalue weighted by Crippen LogP contribution is -2.48. The largest absolute Gasteiger partial charge is 0.354 e. The number of ketones is 1. The lowest BCUT2D eigenvalue weighted by Gasteiger charge is -2.34. The number of nitrogens with zero attached hydrogens (tertiary/aromatic N) is 3. The number of amides is 1. The van der Waals surface area contributed by atoms with Crippen LogP contribution in [-0.4, -0.2) is 54.5 Å². The van der Waals surface area contributed by atoms with Crippen LogP contribution in [0.5, 0.6) is 0 Å². The monoisotopic (exact) mass is 376 g/mol. The molecule has 2 aliphatic rings. The van der Waals surface area contributed by atoms with Crippen molar-refractivity contribution in [2.75, 3.05) is 42.9 Å². The van der Waals surface area contributed by atoms with Gasteiger partial charge in [0.05, 0.1) is 18.4 Å². The van der Waals surface area contributed by atoms with Gasteiger partial charge >= 0.3 is 0 Å². The molecule has 3 heterocycles. The molecule has 0 radical (unpaired) electrons. The van der Waals surface area contributed by atoms with Gasteiger partial charge in [-0.25, -0.2) is 0 Å². The van der Waals surface area contributed by atoms with Crippen LogP contribution in [0, 0.1) is 0 Å². The predicted molar refractivity (Wildman–Crippen MR) is 106 cm³/mol. The normalized spacial score (nSPS) is 17.0. The van der Waals surface area contributed by atoms with E-state index in [0.29, 0.717) is 18.5 Å². The first kappa shape index (κ1) is 16.9. The number of rotatable bonds is 4. The Bertz CT molecular complexity index is 1070. The molecule has 28 heavy (non-hydrogen) atoms. The molecular weight excluding hydrogens is 356 g/mol. The van der Waals surface area contributed by atoms with Crippen LogP contribution >= 0.6 is 0 Å². The number of carbonyl (C=O) groups is 2. The first-order valence-electron chi connectivity index (χ1n) is 9.45. The third-order valence-corrected chi connectivity index (χ3v) is 5.45. The van der Waals surface area contributed by atoms with Crippen molar-refractivity contribution in [2.45, 2.75) is 6.42 Å². The Kier molecular flexibility index (Phi) is 4.09. The molecule has 5 rings (SSSR count). The standard InChI is InChI=1S/C21H20N4O3/c26-18(14-5-6-17-15(11-14)12-20(27)22-17)13-24-7-9-25(10-8-24)21-16-3-1-2-4-19(16)28-23-21/h1-6,11H,7-10,12-13H2,(H,22,27). The molecule has 0 saturated carbocycles. The molecule has 7 heteroatoms. The van der Waals surface area contributed by atoms with Gasteiger partial charge in [-0.2, -0.15) is 0 Å². The van der Waals surface area contributed by atoms with Gasteiger partial charge in [0, 0.05) is 37.4 Å². The Hall–Kier alpha value is -3.19. The van der Waals surface area contributed by atoms with Crippen LogP contribution in [-0.2, 0) is 11.2 Å². The molecular formula is C21H20N4O3. The highest BCUT2D eigenvalue weighted by atomic mass is 16.5. The van der Waals surface area contributed by atoms with Crippen LogP contribution in [0.3, 0.4) is 0 Å². The van der Waals surface area contributed by atoms with E-state index in [0.717, 1.165) is 54.2 Å². The minimum Gasteiger partial charge on any atom is -0.354 e. The van der Waals surface area contributed by atoms with Crippen LogP contribution in [0.4, 0.5) is 11.5 Å². The van der Waals surface area contributed by atoms with Crippen molar-refractivity contribution >= 4 is 34.2 Å². The molecule has 1 amide bonds. The van der Waals surface area contributed by atoms with Crippen LogP contribution < -0.4 is 10.2 Å². The Labute approximate surface area is 161 Å². The topological polar surface area (TPSA) is 78.7 Å². The number of hydrogen-bond donors (Lipinski definition) is 1. The lowest BCUT2D eigenvalue weighted by molar-refractivity contribution is -0.115. The van der Waals surface area contributed by atoms with E-state index in [9.17, 15) is 9.59 Å². The van der Waals surface area contributed by atoms with Crippen LogP contribution in [0.1, 0.15) is 15.9 Å². The van der Waals surface area contributed by atoms with Crippen molar-refractivity contribution in [3.05, 3.63) is 53.6 Å². The van der Waals surface area contributed by atoms with E-state index >= 15 is 0 Å². The molecule has 1 aromatic heterocycles. The summed E-state index contributed by atoms with van der Waals surface area (Å²) in [6, 6.07) is 13.3. The number of fused-ring (bicyclic) bond motifs is 2. The van der Waals surface area contributed by atoms with Gasteiger partial charge in [0.1, 0.15) is 0 Å². The maximum absolute atomic E-state index is 12.7. The number of aromatic nitrogens is 1. The first-order valence-corrected chi connectivity index (χ1v) is 9.45. The van der Waals surface area contributed by atoms with Crippen molar-refractivity contribution in [2.24, 2.45) is 0 Å². The summed E-state index contributed by atoms with van der Waals surface area (Å²) >= 11 is 0. The number of Topliss-reactive ketones (excluding diaryl/α,β-unsaturated/α-hetero) is 1. The van der Waals surface area contributed by atoms with E-state index in [2.05, 4.69) is 20.3 Å². The van der Waals surface area contributed by atoms with Crippen molar-refractivity contribution < 1.29 is 14.1 Å². The maximum atomic E-state index is 12.7. The van der Waals surface area contributed by atoms with E-state index in [-0.39, 0.29) is 11.7 Å². The molecule has 0 aliphatic carbocycles. The zero-order valence-corrected chi connectivity index (χ0v) is 15.4. The fourth-order valence-corrected chi connectivity index (χ4v) is 3.92. The molecule has 1 saturated heterocycles. The summed E-state index contributed by atoms with van der Waals surface area (Å²) < 4.78 is 5.41. The number of nitrogens with one attached hydrogen (secondary N) is 1. The summed E-state index contributed by atoms with van der Waals surface area (Å²) in [7, 11) is 0. The summed E-state index contributed by atoms with van der Waals surface area (Å²) in [6.45, 7) is 3.56. The highest BCUT2D eigenvalue weighted by Crippen LogP contribution is 2.27. The fraction of sp³-hybridized carbons (Fsp3) is 0.286. The van der Waals surface area contributed by atoms with Gasteiger partial charge in [-0.1, -0.05) is 17.3 Å². The number of benzene rings is 2. The number of hydrogen-bond acceptors (Lipinski definition) is 6. The van der Waals surface area contributed by atoms with Crippen LogP contribution in [0.2, 0.25) is 0 Å². The first-order chi connectivity index (χ1) is 13.7. The highest BCUT2D eigenvalue weighted by molar-refractivity contribution is 6.02. The fourth-order valence-electron chi connectivity index (χ4n) is 3.92. The molecule has 2 aromatic carbocycles. The Morgan fingerprint density at radius 1 is 1.11 bits per heavy atom. The third kappa shape index (κ3) is 3.03. The second-order valence-electron chi connectivity index (χ2n) is 7.29. The van der Waals surface area contributed by atoms with Gasteiger partial charge in [-0.05, 0) is 35.9 Å². The van der Waals surface area contributed by atoms with E-state index in [4.69, 9.17) is 4.52 Å². The number of carbonyl (C=O) groups excluding carboxylic acids is 2. The zero-order valence-electron chi connectivity index (χ0n) is 15.4. The molecule has 2 aliphatic heterocycles. The van der Waals surface area contributed by atoms with Crippen molar-refractivity contribution in [1.29, 1.82) is 0 Å². The predicted octanol–water partition coefficient (Wildman–Crippen LogP) is 2.33. The molecule has 142 valence electrons. The van der Waals surface area contributed by atoms with Crippen molar-refractivity contribution in [3.63, 3.8) is 0 Å². The SMILES string of the molecule is O=C1Cc2cc(C(=O)CN3CCN(c4noc5ccccc45)CC3)ccc2N1. The van der Waals surface area contributed by atoms with Gasteiger partial charge in [0.15, 0.2) is 17.2 Å². The van der Waals surface area contributed by atoms with E-state index in [1.54, 1.807) is 6.07 Å². The van der Waals surface area contributed by atoms with Crippen molar-refractivity contribution in [1.82, 2.24) is 10.1 Å². The highest BCUT2D eigenvalue weighted by Gasteiger charge is 2.24. The molecule has 0 spiro atoms. The molecule has 3 aromatic rings. The maximum Gasteiger partial charge on any atom is 0.228 e. The number of anilines is 2. The minimum absolute atomic E-state index is 0.0175. The minimum atomic E-state index is -0.0175. The molecule has 0 unspecified atom stereocenters. The Balaban J connectivity index is 1.22. The van der Waals surface area contributed by atoms with Gasteiger partial charge in [0.25, 0.3) is 0 Å². The van der Waals surface area contributed by atoms with E-state index in [1.807, 2.05) is 36.4 Å². The summed E-state index contributed by atoms with van der Waals surface area (Å²) in [5, 5.41) is 8.04. The van der Waals surface area contributed by atoms with E-state index in [1.165, 1.54) is 0 Å². The van der Waals surface area contributed by atoms with Crippen LogP contribution in [0.15, 0.2) is 47.0 Å². The average molecular weight is 376 g/mol. The lowest BCUT2D eigenvalue weighted by atomic mass is 10.0. The molecule has 1 N–H and O–H groups in total. The summed E-state index contributed by atoms with van der Waals surface area (Å²) in [5.74, 6) is 0.941. The smallest absolute Gasteiger partial charge is 0.228 e. The second kappa shape index (κ2) is 6.76. The summed E-state index contributed by atoms with van der Waals surface area (Å²) in [5.41, 5.74) is 3.17. The Morgan fingerprint density at radius 3 is 2.79 bits per heavy atom. The van der Waals surface area contributed by atoms with Gasteiger partial charge < -0.3 is 14.7 Å². The molecule has 7 nitrogen and oxygen atoms in total. The third-order valence-electron chi connectivity index (χ3n) is 5.45. The molecule has 0 bridgehead atoms. The molecule has 0 atom stereocenters. The zero-order chi connectivity index (χ0) is 19.1. The summed E-state index contributed by atoms with van der Waals surface area (Å²) in [4.78, 5) is 28.6. The van der Waals surface area contributed by atoms with Crippen LogP contribution in [0.25, 0.3) is 11.0 Å². The van der Waals surface area contributed by atoms with Gasteiger partial charge in [-0.15, -0.1) is 0 Å². The number of piperazine rings is 1. The number of para-hydroxylation sites is 1. The van der Waals surface area contributed by atoms with Gasteiger partial charge in [-0.3, -0.25) is 14.5 Å². The van der Waals surface area contributed by atoms with Gasteiger partial charge in [0.2, 0.25) is 5.91 Å².